The highest BCUT2D eigenvalue weighted by Crippen LogP contribution is 2.14. The first-order valence-corrected chi connectivity index (χ1v) is 9.28. The maximum absolute atomic E-state index is 12.7. The molecule has 1 atom stereocenters. The molecule has 0 aliphatic carbocycles. The minimum atomic E-state index is -0.697. The fraction of sp³-hybridized carbons (Fsp3) is 0.318. The van der Waals surface area contributed by atoms with Crippen LogP contribution >= 0.6 is 0 Å². The summed E-state index contributed by atoms with van der Waals surface area (Å²) < 4.78 is 4.94. The van der Waals surface area contributed by atoms with Gasteiger partial charge in [-0.2, -0.15) is 0 Å². The number of ether oxygens (including phenoxy) is 1. The predicted molar refractivity (Wildman–Crippen MR) is 108 cm³/mol. The molecular weight excluding hydrogens is 356 g/mol. The molecule has 0 spiro atoms. The van der Waals surface area contributed by atoms with Crippen molar-refractivity contribution in [3.05, 3.63) is 65.2 Å². The summed E-state index contributed by atoms with van der Waals surface area (Å²) in [4.78, 5) is 37.0. The Balaban J connectivity index is 2.08. The monoisotopic (exact) mass is 382 g/mol. The second-order valence-electron chi connectivity index (χ2n) is 6.80. The zero-order valence-corrected chi connectivity index (χ0v) is 16.6. The third-order valence-corrected chi connectivity index (χ3v) is 4.29. The SMILES string of the molecule is CCOC(=O)c1ccc(NC(=O)[C@@H](NC(=O)c2ccccc2C)C(C)C)cc1. The van der Waals surface area contributed by atoms with Gasteiger partial charge in [-0.15, -0.1) is 0 Å². The van der Waals surface area contributed by atoms with Crippen LogP contribution in [0.4, 0.5) is 5.69 Å². The fourth-order valence-electron chi connectivity index (χ4n) is 2.71. The van der Waals surface area contributed by atoms with Gasteiger partial charge in [-0.3, -0.25) is 9.59 Å². The van der Waals surface area contributed by atoms with Crippen molar-refractivity contribution in [3.63, 3.8) is 0 Å². The highest BCUT2D eigenvalue weighted by atomic mass is 16.5. The van der Waals surface area contributed by atoms with Gasteiger partial charge in [0.05, 0.1) is 12.2 Å². The molecule has 6 nitrogen and oxygen atoms in total. The topological polar surface area (TPSA) is 84.5 Å². The number of benzene rings is 2. The molecule has 148 valence electrons. The molecule has 2 rings (SSSR count). The van der Waals surface area contributed by atoms with Crippen molar-refractivity contribution in [2.75, 3.05) is 11.9 Å². The van der Waals surface area contributed by atoms with E-state index in [0.29, 0.717) is 23.4 Å². The molecule has 2 N–H and O–H groups in total. The van der Waals surface area contributed by atoms with Gasteiger partial charge < -0.3 is 15.4 Å². The second kappa shape index (κ2) is 9.69. The number of hydrogen-bond acceptors (Lipinski definition) is 4. The summed E-state index contributed by atoms with van der Waals surface area (Å²) in [5.74, 6) is -1.12. The van der Waals surface area contributed by atoms with Crippen LogP contribution in [0.3, 0.4) is 0 Å². The van der Waals surface area contributed by atoms with Crippen molar-refractivity contribution in [1.29, 1.82) is 0 Å². The van der Waals surface area contributed by atoms with E-state index < -0.39 is 12.0 Å². The Morgan fingerprint density at radius 3 is 2.21 bits per heavy atom. The Labute approximate surface area is 165 Å². The molecule has 0 saturated heterocycles. The lowest BCUT2D eigenvalue weighted by molar-refractivity contribution is -0.118. The van der Waals surface area contributed by atoms with Crippen LogP contribution in [0.25, 0.3) is 0 Å². The molecule has 0 heterocycles. The van der Waals surface area contributed by atoms with E-state index in [2.05, 4.69) is 10.6 Å². The van der Waals surface area contributed by atoms with Crippen LogP contribution in [0.5, 0.6) is 0 Å². The molecule has 0 aliphatic heterocycles. The number of hydrogen-bond donors (Lipinski definition) is 2. The zero-order valence-electron chi connectivity index (χ0n) is 16.6. The second-order valence-corrected chi connectivity index (χ2v) is 6.80. The van der Waals surface area contributed by atoms with Crippen LogP contribution < -0.4 is 10.6 Å². The van der Waals surface area contributed by atoms with Gasteiger partial charge in [0.15, 0.2) is 0 Å². The molecule has 2 aromatic rings. The lowest BCUT2D eigenvalue weighted by atomic mass is 10.0. The lowest BCUT2D eigenvalue weighted by Gasteiger charge is -2.22. The van der Waals surface area contributed by atoms with Crippen molar-refractivity contribution in [2.45, 2.75) is 33.7 Å². The molecule has 28 heavy (non-hydrogen) atoms. The Bertz CT molecular complexity index is 844. The smallest absolute Gasteiger partial charge is 0.338 e. The number of carbonyl (C=O) groups excluding carboxylic acids is 3. The highest BCUT2D eigenvalue weighted by Gasteiger charge is 2.25. The number of aryl methyl sites for hydroxylation is 1. The number of esters is 1. The molecule has 0 bridgehead atoms. The van der Waals surface area contributed by atoms with Gasteiger partial charge in [0.2, 0.25) is 5.91 Å². The average molecular weight is 382 g/mol. The largest absolute Gasteiger partial charge is 0.462 e. The van der Waals surface area contributed by atoms with Gasteiger partial charge in [0.25, 0.3) is 5.91 Å². The van der Waals surface area contributed by atoms with E-state index >= 15 is 0 Å². The number of nitrogens with one attached hydrogen (secondary N) is 2. The molecule has 2 aromatic carbocycles. The van der Waals surface area contributed by atoms with E-state index in [9.17, 15) is 14.4 Å². The zero-order chi connectivity index (χ0) is 20.7. The standard InChI is InChI=1S/C22H26N2O4/c1-5-28-22(27)16-10-12-17(13-11-16)23-21(26)19(14(2)3)24-20(25)18-9-7-6-8-15(18)4/h6-14,19H,5H2,1-4H3,(H,23,26)(H,24,25)/t19-/m0/s1. The third-order valence-electron chi connectivity index (χ3n) is 4.29. The summed E-state index contributed by atoms with van der Waals surface area (Å²) in [6.07, 6.45) is 0. The van der Waals surface area contributed by atoms with Crippen LogP contribution in [0.2, 0.25) is 0 Å². The molecule has 0 aliphatic rings. The molecular formula is C22H26N2O4. The number of amides is 2. The highest BCUT2D eigenvalue weighted by molar-refractivity contribution is 6.02. The first kappa shape index (κ1) is 21.2. The van der Waals surface area contributed by atoms with Gasteiger partial charge in [-0.1, -0.05) is 32.0 Å². The van der Waals surface area contributed by atoms with Gasteiger partial charge in [0, 0.05) is 11.3 Å². The van der Waals surface area contributed by atoms with Crippen molar-refractivity contribution in [3.8, 4) is 0 Å². The summed E-state index contributed by atoms with van der Waals surface area (Å²) in [5.41, 5.74) is 2.33. The van der Waals surface area contributed by atoms with Crippen LogP contribution in [-0.4, -0.2) is 30.4 Å². The summed E-state index contributed by atoms with van der Waals surface area (Å²) in [5, 5.41) is 5.60. The Morgan fingerprint density at radius 1 is 1.00 bits per heavy atom. The molecule has 0 saturated carbocycles. The number of carbonyl (C=O) groups is 3. The van der Waals surface area contributed by atoms with Gasteiger partial charge in [-0.25, -0.2) is 4.79 Å². The number of rotatable bonds is 7. The van der Waals surface area contributed by atoms with E-state index in [1.54, 1.807) is 43.3 Å². The predicted octanol–water partition coefficient (Wildman–Crippen LogP) is 3.56. The minimum absolute atomic E-state index is 0.105. The minimum Gasteiger partial charge on any atom is -0.462 e. The molecule has 0 unspecified atom stereocenters. The summed E-state index contributed by atoms with van der Waals surface area (Å²) in [6, 6.07) is 13.0. The molecule has 0 fully saturated rings. The Morgan fingerprint density at radius 2 is 1.64 bits per heavy atom. The molecule has 2 amide bonds. The van der Waals surface area contributed by atoms with Crippen molar-refractivity contribution in [1.82, 2.24) is 5.32 Å². The molecule has 0 radical (unpaired) electrons. The summed E-state index contributed by atoms with van der Waals surface area (Å²) >= 11 is 0. The van der Waals surface area contributed by atoms with Crippen LogP contribution in [0.15, 0.2) is 48.5 Å². The van der Waals surface area contributed by atoms with Crippen molar-refractivity contribution < 1.29 is 19.1 Å². The first-order valence-electron chi connectivity index (χ1n) is 9.28. The van der Waals surface area contributed by atoms with Crippen LogP contribution in [0, 0.1) is 12.8 Å². The summed E-state index contributed by atoms with van der Waals surface area (Å²) in [7, 11) is 0. The van der Waals surface area contributed by atoms with Crippen LogP contribution in [0.1, 0.15) is 47.1 Å². The van der Waals surface area contributed by atoms with Gasteiger partial charge >= 0.3 is 5.97 Å². The van der Waals surface area contributed by atoms with Crippen molar-refractivity contribution >= 4 is 23.5 Å². The summed E-state index contributed by atoms with van der Waals surface area (Å²) in [6.45, 7) is 7.63. The third kappa shape index (κ3) is 5.42. The maximum Gasteiger partial charge on any atom is 0.338 e. The first-order chi connectivity index (χ1) is 13.3. The lowest BCUT2D eigenvalue weighted by Crippen LogP contribution is -2.47. The Hall–Kier alpha value is -3.15. The van der Waals surface area contributed by atoms with Gasteiger partial charge in [-0.05, 0) is 55.7 Å². The normalized spacial score (nSPS) is 11.6. The van der Waals surface area contributed by atoms with E-state index in [-0.39, 0.29) is 17.7 Å². The quantitative estimate of drug-likeness (QED) is 0.717. The molecule has 6 heteroatoms. The van der Waals surface area contributed by atoms with Crippen LogP contribution in [-0.2, 0) is 9.53 Å². The number of anilines is 1. The van der Waals surface area contributed by atoms with Crippen molar-refractivity contribution in [2.24, 2.45) is 5.92 Å². The fourth-order valence-corrected chi connectivity index (χ4v) is 2.71. The van der Waals surface area contributed by atoms with E-state index in [1.165, 1.54) is 0 Å². The van der Waals surface area contributed by atoms with E-state index in [1.807, 2.05) is 32.9 Å². The maximum atomic E-state index is 12.7. The molecule has 0 aromatic heterocycles. The van der Waals surface area contributed by atoms with E-state index in [4.69, 9.17) is 4.74 Å². The Kier molecular flexibility index (Phi) is 7.32. The van der Waals surface area contributed by atoms with Gasteiger partial charge in [0.1, 0.15) is 6.04 Å². The van der Waals surface area contributed by atoms with E-state index in [0.717, 1.165) is 5.56 Å². The average Bonchev–Trinajstić information content (AvgIpc) is 2.66.